The molecule has 0 radical (unpaired) electrons. The predicted octanol–water partition coefficient (Wildman–Crippen LogP) is -0.598. The van der Waals surface area contributed by atoms with E-state index in [0.717, 1.165) is 32.6 Å². The molecule has 3 heteroatoms. The number of nitrogens with two attached hydrogens (primary N) is 1. The lowest BCUT2D eigenvalue weighted by molar-refractivity contribution is 0.00165. The first-order valence-corrected chi connectivity index (χ1v) is 3.93. The second kappa shape index (κ2) is 3.91. The third-order valence-electron chi connectivity index (χ3n) is 1.87. The fourth-order valence-corrected chi connectivity index (χ4v) is 1.20. The number of unbranched alkanes of at least 4 members (excludes halogenated alkanes) is 1. The Balaban J connectivity index is 1.86. The minimum absolute atomic E-state index is 0.0575. The molecule has 3 N–H and O–H groups in total. The first-order chi connectivity index (χ1) is 4.83. The Morgan fingerprint density at radius 3 is 2.60 bits per heavy atom. The van der Waals surface area contributed by atoms with Crippen LogP contribution in [0.15, 0.2) is 0 Å². The Morgan fingerprint density at radius 1 is 1.40 bits per heavy atom. The number of likely N-dealkylation sites (tertiary alicyclic amines) is 1. The summed E-state index contributed by atoms with van der Waals surface area (Å²) in [4.78, 5) is 2.25. The van der Waals surface area contributed by atoms with Crippen LogP contribution in [-0.4, -0.2) is 42.3 Å². The molecular weight excluding hydrogens is 128 g/mol. The lowest BCUT2D eigenvalue weighted by atomic mass is 10.1. The molecule has 10 heavy (non-hydrogen) atoms. The van der Waals surface area contributed by atoms with E-state index in [9.17, 15) is 0 Å². The molecular formula is C7H16N2O. The van der Waals surface area contributed by atoms with Crippen LogP contribution in [0.5, 0.6) is 0 Å². The van der Waals surface area contributed by atoms with E-state index in [2.05, 4.69) is 4.90 Å². The van der Waals surface area contributed by atoms with Gasteiger partial charge in [0.05, 0.1) is 6.10 Å². The summed E-state index contributed by atoms with van der Waals surface area (Å²) < 4.78 is 0. The summed E-state index contributed by atoms with van der Waals surface area (Å²) in [6.45, 7) is 3.62. The highest BCUT2D eigenvalue weighted by atomic mass is 16.3. The van der Waals surface area contributed by atoms with Gasteiger partial charge in [-0.25, -0.2) is 0 Å². The molecule has 0 spiro atoms. The van der Waals surface area contributed by atoms with E-state index in [4.69, 9.17) is 10.8 Å². The summed E-state index contributed by atoms with van der Waals surface area (Å²) in [5, 5.41) is 8.91. The molecule has 0 aromatic carbocycles. The number of hydrogen-bond donors (Lipinski definition) is 2. The molecule has 1 saturated heterocycles. The molecule has 1 aliphatic heterocycles. The van der Waals surface area contributed by atoms with Gasteiger partial charge in [0.25, 0.3) is 0 Å². The average molecular weight is 144 g/mol. The Morgan fingerprint density at radius 2 is 2.10 bits per heavy atom. The molecule has 0 amide bonds. The molecule has 1 fully saturated rings. The normalized spacial score (nSPS) is 21.0. The molecule has 1 rings (SSSR count). The van der Waals surface area contributed by atoms with Gasteiger partial charge < -0.3 is 10.8 Å². The van der Waals surface area contributed by atoms with Gasteiger partial charge in [-0.1, -0.05) is 0 Å². The Kier molecular flexibility index (Phi) is 3.12. The highest BCUT2D eigenvalue weighted by Gasteiger charge is 2.22. The number of nitrogens with zero attached hydrogens (tertiary/aromatic N) is 1. The van der Waals surface area contributed by atoms with Crippen molar-refractivity contribution in [1.29, 1.82) is 0 Å². The van der Waals surface area contributed by atoms with Crippen LogP contribution in [0.1, 0.15) is 12.8 Å². The Bertz CT molecular complexity index is 91.6. The number of rotatable bonds is 4. The topological polar surface area (TPSA) is 49.5 Å². The quantitative estimate of drug-likeness (QED) is 0.518. The van der Waals surface area contributed by atoms with Crippen molar-refractivity contribution in [3.8, 4) is 0 Å². The van der Waals surface area contributed by atoms with E-state index in [1.54, 1.807) is 0 Å². The second-order valence-corrected chi connectivity index (χ2v) is 2.91. The summed E-state index contributed by atoms with van der Waals surface area (Å²) in [6, 6.07) is 0. The van der Waals surface area contributed by atoms with E-state index < -0.39 is 0 Å². The Hall–Kier alpha value is -0.120. The largest absolute Gasteiger partial charge is 0.390 e. The minimum atomic E-state index is -0.0575. The van der Waals surface area contributed by atoms with Crippen molar-refractivity contribution in [3.05, 3.63) is 0 Å². The number of aliphatic hydroxyl groups is 1. The molecule has 3 nitrogen and oxygen atoms in total. The monoisotopic (exact) mass is 144 g/mol. The number of aliphatic hydroxyl groups excluding tert-OH is 1. The highest BCUT2D eigenvalue weighted by Crippen LogP contribution is 2.07. The van der Waals surface area contributed by atoms with Gasteiger partial charge in [0.2, 0.25) is 0 Å². The van der Waals surface area contributed by atoms with Crippen molar-refractivity contribution in [3.63, 3.8) is 0 Å². The SMILES string of the molecule is NCCCCN1CC(O)C1. The van der Waals surface area contributed by atoms with Crippen LogP contribution in [0, 0.1) is 0 Å². The van der Waals surface area contributed by atoms with Gasteiger partial charge in [-0.15, -0.1) is 0 Å². The van der Waals surface area contributed by atoms with Crippen LogP contribution in [0.2, 0.25) is 0 Å². The number of hydrogen-bond acceptors (Lipinski definition) is 3. The van der Waals surface area contributed by atoms with Crippen molar-refractivity contribution < 1.29 is 5.11 Å². The molecule has 60 valence electrons. The molecule has 0 atom stereocenters. The lowest BCUT2D eigenvalue weighted by Gasteiger charge is -2.35. The summed E-state index contributed by atoms with van der Waals surface area (Å²) in [7, 11) is 0. The standard InChI is InChI=1S/C7H16N2O/c8-3-1-2-4-9-5-7(10)6-9/h7,10H,1-6,8H2. The van der Waals surface area contributed by atoms with Gasteiger partial charge in [-0.2, -0.15) is 0 Å². The predicted molar refractivity (Wildman–Crippen MR) is 40.7 cm³/mol. The van der Waals surface area contributed by atoms with Gasteiger partial charge in [0.15, 0.2) is 0 Å². The van der Waals surface area contributed by atoms with Crippen molar-refractivity contribution in [1.82, 2.24) is 4.90 Å². The summed E-state index contributed by atoms with van der Waals surface area (Å²) in [5.41, 5.74) is 5.33. The van der Waals surface area contributed by atoms with E-state index in [-0.39, 0.29) is 6.10 Å². The molecule has 0 saturated carbocycles. The van der Waals surface area contributed by atoms with Gasteiger partial charge in [0.1, 0.15) is 0 Å². The van der Waals surface area contributed by atoms with E-state index in [0.29, 0.717) is 0 Å². The maximum atomic E-state index is 8.91. The smallest absolute Gasteiger partial charge is 0.0793 e. The minimum Gasteiger partial charge on any atom is -0.390 e. The van der Waals surface area contributed by atoms with Gasteiger partial charge >= 0.3 is 0 Å². The summed E-state index contributed by atoms with van der Waals surface area (Å²) >= 11 is 0. The van der Waals surface area contributed by atoms with E-state index in [1.165, 1.54) is 6.42 Å². The maximum Gasteiger partial charge on any atom is 0.0793 e. The van der Waals surface area contributed by atoms with E-state index >= 15 is 0 Å². The lowest BCUT2D eigenvalue weighted by Crippen LogP contribution is -2.50. The zero-order chi connectivity index (χ0) is 7.40. The molecule has 1 aliphatic rings. The molecule has 0 bridgehead atoms. The first kappa shape index (κ1) is 7.98. The maximum absolute atomic E-state index is 8.91. The second-order valence-electron chi connectivity index (χ2n) is 2.91. The highest BCUT2D eigenvalue weighted by molar-refractivity contribution is 4.77. The number of β-amino-alcohol motifs (C(OH)–C–C–N with tert-alkyl or cyclic N) is 1. The third kappa shape index (κ3) is 2.25. The summed E-state index contributed by atoms with van der Waals surface area (Å²) in [6.07, 6.45) is 2.22. The van der Waals surface area contributed by atoms with Crippen LogP contribution in [0.25, 0.3) is 0 Å². The van der Waals surface area contributed by atoms with Crippen molar-refractivity contribution >= 4 is 0 Å². The van der Waals surface area contributed by atoms with Crippen molar-refractivity contribution in [2.45, 2.75) is 18.9 Å². The van der Waals surface area contributed by atoms with Crippen LogP contribution in [-0.2, 0) is 0 Å². The van der Waals surface area contributed by atoms with Crippen molar-refractivity contribution in [2.75, 3.05) is 26.2 Å². The fourth-order valence-electron chi connectivity index (χ4n) is 1.20. The van der Waals surface area contributed by atoms with Crippen LogP contribution >= 0.6 is 0 Å². The molecule has 0 aromatic rings. The molecule has 0 unspecified atom stereocenters. The fraction of sp³-hybridized carbons (Fsp3) is 1.00. The van der Waals surface area contributed by atoms with Crippen LogP contribution in [0.4, 0.5) is 0 Å². The molecule has 0 aliphatic carbocycles. The third-order valence-corrected chi connectivity index (χ3v) is 1.87. The van der Waals surface area contributed by atoms with Gasteiger partial charge in [-0.05, 0) is 25.9 Å². The Labute approximate surface area is 61.8 Å². The van der Waals surface area contributed by atoms with Crippen LogP contribution in [0.3, 0.4) is 0 Å². The van der Waals surface area contributed by atoms with Gasteiger partial charge in [0, 0.05) is 13.1 Å². The zero-order valence-corrected chi connectivity index (χ0v) is 6.29. The van der Waals surface area contributed by atoms with Gasteiger partial charge in [-0.3, -0.25) is 4.90 Å². The van der Waals surface area contributed by atoms with E-state index in [1.807, 2.05) is 0 Å². The zero-order valence-electron chi connectivity index (χ0n) is 6.29. The summed E-state index contributed by atoms with van der Waals surface area (Å²) in [5.74, 6) is 0. The first-order valence-electron chi connectivity index (χ1n) is 3.93. The average Bonchev–Trinajstić information content (AvgIpc) is 1.85. The van der Waals surface area contributed by atoms with Crippen LogP contribution < -0.4 is 5.73 Å². The van der Waals surface area contributed by atoms with Crippen molar-refractivity contribution in [2.24, 2.45) is 5.73 Å². The molecule has 0 aromatic heterocycles. The molecule has 1 heterocycles.